The van der Waals surface area contributed by atoms with E-state index in [1.807, 2.05) is 4.90 Å². The second kappa shape index (κ2) is 6.36. The molecule has 0 saturated carbocycles. The summed E-state index contributed by atoms with van der Waals surface area (Å²) in [6, 6.07) is 0. The summed E-state index contributed by atoms with van der Waals surface area (Å²) in [5.74, 6) is 0.144. The van der Waals surface area contributed by atoms with E-state index < -0.39 is 0 Å². The lowest BCUT2D eigenvalue weighted by molar-refractivity contribution is -0.142. The van der Waals surface area contributed by atoms with Crippen LogP contribution >= 0.6 is 0 Å². The van der Waals surface area contributed by atoms with Gasteiger partial charge in [-0.25, -0.2) is 0 Å². The molecular formula is C13H26N2O2. The van der Waals surface area contributed by atoms with Crippen LogP contribution in [-0.4, -0.2) is 43.2 Å². The Bertz CT molecular complexity index is 248. The van der Waals surface area contributed by atoms with Crippen molar-refractivity contribution in [3.8, 4) is 0 Å². The first-order chi connectivity index (χ1) is 8.00. The fourth-order valence-corrected chi connectivity index (χ4v) is 2.09. The Morgan fingerprint density at radius 3 is 2.71 bits per heavy atom. The maximum absolute atomic E-state index is 12.3. The van der Waals surface area contributed by atoms with Crippen LogP contribution in [0.2, 0.25) is 0 Å². The smallest absolute Gasteiger partial charge is 0.251 e. The van der Waals surface area contributed by atoms with E-state index in [4.69, 9.17) is 10.5 Å². The predicted octanol–water partition coefficient (Wildman–Crippen LogP) is 1.39. The standard InChI is InChI=1S/C13H26N2O2/c1-4-7-15(10-13(2,3)9-14)12(16)11-6-5-8-17-11/h11H,4-10,14H2,1-3H3. The zero-order chi connectivity index (χ0) is 12.9. The van der Waals surface area contributed by atoms with Gasteiger partial charge in [0.15, 0.2) is 0 Å². The van der Waals surface area contributed by atoms with Crippen molar-refractivity contribution in [2.45, 2.75) is 46.1 Å². The lowest BCUT2D eigenvalue weighted by Crippen LogP contribution is -2.46. The quantitative estimate of drug-likeness (QED) is 0.765. The summed E-state index contributed by atoms with van der Waals surface area (Å²) in [5.41, 5.74) is 5.71. The number of carbonyl (C=O) groups is 1. The molecule has 1 aliphatic rings. The van der Waals surface area contributed by atoms with Gasteiger partial charge in [0.1, 0.15) is 6.10 Å². The second-order valence-electron chi connectivity index (χ2n) is 5.63. The van der Waals surface area contributed by atoms with Crippen molar-refractivity contribution < 1.29 is 9.53 Å². The molecule has 0 aromatic carbocycles. The van der Waals surface area contributed by atoms with Crippen molar-refractivity contribution in [1.82, 2.24) is 4.90 Å². The van der Waals surface area contributed by atoms with E-state index in [-0.39, 0.29) is 17.4 Å². The zero-order valence-corrected chi connectivity index (χ0v) is 11.4. The van der Waals surface area contributed by atoms with E-state index in [1.54, 1.807) is 0 Å². The lowest BCUT2D eigenvalue weighted by Gasteiger charge is -2.33. The summed E-state index contributed by atoms with van der Waals surface area (Å²) < 4.78 is 5.47. The number of nitrogens with two attached hydrogens (primary N) is 1. The van der Waals surface area contributed by atoms with Crippen LogP contribution in [0.25, 0.3) is 0 Å². The summed E-state index contributed by atoms with van der Waals surface area (Å²) in [6.07, 6.45) is 2.62. The van der Waals surface area contributed by atoms with E-state index in [0.717, 1.165) is 39.0 Å². The highest BCUT2D eigenvalue weighted by atomic mass is 16.5. The van der Waals surface area contributed by atoms with Crippen LogP contribution in [0.4, 0.5) is 0 Å². The van der Waals surface area contributed by atoms with Gasteiger partial charge in [-0.05, 0) is 31.2 Å². The molecule has 0 bridgehead atoms. The van der Waals surface area contributed by atoms with Gasteiger partial charge in [-0.2, -0.15) is 0 Å². The summed E-state index contributed by atoms with van der Waals surface area (Å²) in [6.45, 7) is 9.10. The van der Waals surface area contributed by atoms with Crippen LogP contribution < -0.4 is 5.73 Å². The highest BCUT2D eigenvalue weighted by Gasteiger charge is 2.30. The third-order valence-corrected chi connectivity index (χ3v) is 3.18. The molecule has 1 unspecified atom stereocenters. The largest absolute Gasteiger partial charge is 0.368 e. The highest BCUT2D eigenvalue weighted by molar-refractivity contribution is 5.81. The number of rotatable bonds is 6. The average Bonchev–Trinajstić information content (AvgIpc) is 2.81. The molecule has 0 aromatic rings. The average molecular weight is 242 g/mol. The van der Waals surface area contributed by atoms with Gasteiger partial charge in [0, 0.05) is 19.7 Å². The van der Waals surface area contributed by atoms with Crippen LogP contribution in [-0.2, 0) is 9.53 Å². The molecule has 1 atom stereocenters. The number of hydrogen-bond donors (Lipinski definition) is 1. The summed E-state index contributed by atoms with van der Waals surface area (Å²) >= 11 is 0. The van der Waals surface area contributed by atoms with Gasteiger partial charge in [0.2, 0.25) is 0 Å². The second-order valence-corrected chi connectivity index (χ2v) is 5.63. The molecular weight excluding hydrogens is 216 g/mol. The summed E-state index contributed by atoms with van der Waals surface area (Å²) in [7, 11) is 0. The van der Waals surface area contributed by atoms with Gasteiger partial charge in [0.25, 0.3) is 5.91 Å². The van der Waals surface area contributed by atoms with Gasteiger partial charge in [0.05, 0.1) is 0 Å². The topological polar surface area (TPSA) is 55.6 Å². The van der Waals surface area contributed by atoms with Gasteiger partial charge in [-0.1, -0.05) is 20.8 Å². The minimum absolute atomic E-state index is 0.0244. The molecule has 1 fully saturated rings. The maximum Gasteiger partial charge on any atom is 0.251 e. The molecule has 0 radical (unpaired) electrons. The van der Waals surface area contributed by atoms with Crippen molar-refractivity contribution in [2.75, 3.05) is 26.2 Å². The fourth-order valence-electron chi connectivity index (χ4n) is 2.09. The molecule has 1 amide bonds. The monoisotopic (exact) mass is 242 g/mol. The molecule has 100 valence electrons. The Labute approximate surface area is 104 Å². The first-order valence-electron chi connectivity index (χ1n) is 6.60. The molecule has 1 rings (SSSR count). The number of ether oxygens (including phenoxy) is 1. The minimum atomic E-state index is -0.213. The molecule has 1 heterocycles. The molecule has 2 N–H and O–H groups in total. The molecule has 17 heavy (non-hydrogen) atoms. The number of carbonyl (C=O) groups excluding carboxylic acids is 1. The Morgan fingerprint density at radius 1 is 1.53 bits per heavy atom. The van der Waals surface area contributed by atoms with Crippen LogP contribution in [0.1, 0.15) is 40.0 Å². The molecule has 0 aromatic heterocycles. The third-order valence-electron chi connectivity index (χ3n) is 3.18. The minimum Gasteiger partial charge on any atom is -0.368 e. The normalized spacial score (nSPS) is 20.6. The SMILES string of the molecule is CCCN(CC(C)(C)CN)C(=O)C1CCCO1. The van der Waals surface area contributed by atoms with E-state index >= 15 is 0 Å². The molecule has 1 aliphatic heterocycles. The van der Waals surface area contributed by atoms with Crippen molar-refractivity contribution in [3.05, 3.63) is 0 Å². The predicted molar refractivity (Wildman–Crippen MR) is 68.7 cm³/mol. The number of nitrogens with zero attached hydrogens (tertiary/aromatic N) is 1. The van der Waals surface area contributed by atoms with Crippen LogP contribution in [0.3, 0.4) is 0 Å². The molecule has 0 aliphatic carbocycles. The van der Waals surface area contributed by atoms with Gasteiger partial charge < -0.3 is 15.4 Å². The molecule has 0 spiro atoms. The number of hydrogen-bond acceptors (Lipinski definition) is 3. The summed E-state index contributed by atoms with van der Waals surface area (Å²) in [4.78, 5) is 14.2. The van der Waals surface area contributed by atoms with Gasteiger partial charge >= 0.3 is 0 Å². The van der Waals surface area contributed by atoms with Gasteiger partial charge in [-0.3, -0.25) is 4.79 Å². The fraction of sp³-hybridized carbons (Fsp3) is 0.923. The third kappa shape index (κ3) is 4.28. The number of amides is 1. The Hall–Kier alpha value is -0.610. The van der Waals surface area contributed by atoms with Crippen LogP contribution in [0.5, 0.6) is 0 Å². The zero-order valence-electron chi connectivity index (χ0n) is 11.4. The Balaban J connectivity index is 2.60. The van der Waals surface area contributed by atoms with Crippen LogP contribution in [0.15, 0.2) is 0 Å². The first-order valence-corrected chi connectivity index (χ1v) is 6.60. The van der Waals surface area contributed by atoms with E-state index in [1.165, 1.54) is 0 Å². The van der Waals surface area contributed by atoms with E-state index in [9.17, 15) is 4.79 Å². The molecule has 4 heteroatoms. The van der Waals surface area contributed by atoms with Crippen molar-refractivity contribution in [1.29, 1.82) is 0 Å². The van der Waals surface area contributed by atoms with Crippen molar-refractivity contribution in [3.63, 3.8) is 0 Å². The summed E-state index contributed by atoms with van der Waals surface area (Å²) in [5, 5.41) is 0. The van der Waals surface area contributed by atoms with Gasteiger partial charge in [-0.15, -0.1) is 0 Å². The van der Waals surface area contributed by atoms with E-state index in [2.05, 4.69) is 20.8 Å². The molecule has 1 saturated heterocycles. The van der Waals surface area contributed by atoms with Crippen molar-refractivity contribution in [2.24, 2.45) is 11.1 Å². The lowest BCUT2D eigenvalue weighted by atomic mass is 9.92. The Kier molecular flexibility index (Phi) is 5.40. The van der Waals surface area contributed by atoms with E-state index in [0.29, 0.717) is 6.54 Å². The first kappa shape index (κ1) is 14.5. The highest BCUT2D eigenvalue weighted by Crippen LogP contribution is 2.19. The Morgan fingerprint density at radius 2 is 2.24 bits per heavy atom. The maximum atomic E-state index is 12.3. The molecule has 4 nitrogen and oxygen atoms in total. The van der Waals surface area contributed by atoms with Crippen LogP contribution in [0, 0.1) is 5.41 Å². The van der Waals surface area contributed by atoms with Crippen molar-refractivity contribution >= 4 is 5.91 Å².